The van der Waals surface area contributed by atoms with Crippen LogP contribution in [0.2, 0.25) is 0 Å². The van der Waals surface area contributed by atoms with Crippen molar-refractivity contribution in [3.63, 3.8) is 0 Å². The molecule has 1 saturated carbocycles. The van der Waals surface area contributed by atoms with Crippen LogP contribution >= 0.6 is 0 Å². The molecule has 0 aliphatic heterocycles. The first kappa shape index (κ1) is 17.9. The first-order valence-corrected chi connectivity index (χ1v) is 9.15. The van der Waals surface area contributed by atoms with Gasteiger partial charge in [0.15, 0.2) is 0 Å². The number of hydrogen-bond acceptors (Lipinski definition) is 2. The van der Waals surface area contributed by atoms with Crippen LogP contribution < -0.4 is 0 Å². The van der Waals surface area contributed by atoms with Gasteiger partial charge in [-0.25, -0.2) is 0 Å². The monoisotopic (exact) mass is 340 g/mol. The zero-order valence-electron chi connectivity index (χ0n) is 15.3. The topological polar surface area (TPSA) is 57.5 Å². The summed E-state index contributed by atoms with van der Waals surface area (Å²) in [5.41, 5.74) is -0.265. The first-order valence-electron chi connectivity index (χ1n) is 9.15. The molecule has 0 aromatic heterocycles. The molecule has 3 heteroatoms. The second-order valence-electron chi connectivity index (χ2n) is 8.58. The minimum absolute atomic E-state index is 0.194. The Labute approximate surface area is 149 Å². The van der Waals surface area contributed by atoms with Gasteiger partial charge in [-0.1, -0.05) is 63.2 Å². The normalized spacial score (nSPS) is 25.7. The number of benzene rings is 2. The highest BCUT2D eigenvalue weighted by Crippen LogP contribution is 2.47. The van der Waals surface area contributed by atoms with Gasteiger partial charge in [-0.15, -0.1) is 0 Å². The Bertz CT molecular complexity index is 759. The van der Waals surface area contributed by atoms with Gasteiger partial charge >= 0.3 is 5.97 Å². The number of carboxylic acids is 1. The number of aliphatic carboxylic acids is 1. The highest BCUT2D eigenvalue weighted by atomic mass is 16.4. The quantitative estimate of drug-likeness (QED) is 0.829. The molecule has 25 heavy (non-hydrogen) atoms. The Morgan fingerprint density at radius 1 is 1.08 bits per heavy atom. The standard InChI is InChI=1S/C22H28O3/c1-21(2,3)16-11-13-22(25,14-12-16)19(20(23)24)18-10-6-8-15-7-4-5-9-17(15)18/h4-10,16,19,25H,11-14H2,1-3H3,(H,23,24). The van der Waals surface area contributed by atoms with E-state index in [1.54, 1.807) is 0 Å². The van der Waals surface area contributed by atoms with Crippen LogP contribution in [0, 0.1) is 11.3 Å². The van der Waals surface area contributed by atoms with Gasteiger partial charge in [0.1, 0.15) is 5.92 Å². The fourth-order valence-electron chi connectivity index (χ4n) is 4.43. The molecule has 0 spiro atoms. The molecule has 134 valence electrons. The average Bonchev–Trinajstić information content (AvgIpc) is 2.54. The summed E-state index contributed by atoms with van der Waals surface area (Å²) in [5, 5.41) is 23.2. The number of aliphatic hydroxyl groups is 1. The lowest BCUT2D eigenvalue weighted by molar-refractivity contribution is -0.149. The van der Waals surface area contributed by atoms with Crippen LogP contribution in [-0.4, -0.2) is 21.8 Å². The van der Waals surface area contributed by atoms with Crippen molar-refractivity contribution < 1.29 is 15.0 Å². The molecule has 0 saturated heterocycles. The maximum atomic E-state index is 12.2. The molecule has 2 aromatic carbocycles. The summed E-state index contributed by atoms with van der Waals surface area (Å²) < 4.78 is 0. The molecule has 0 amide bonds. The van der Waals surface area contributed by atoms with E-state index in [1.165, 1.54) is 0 Å². The zero-order chi connectivity index (χ0) is 18.2. The molecule has 1 aliphatic rings. The molecule has 0 radical (unpaired) electrons. The van der Waals surface area contributed by atoms with Gasteiger partial charge < -0.3 is 10.2 Å². The second-order valence-corrected chi connectivity index (χ2v) is 8.58. The fourth-order valence-corrected chi connectivity index (χ4v) is 4.43. The molecular formula is C22H28O3. The number of hydrogen-bond donors (Lipinski definition) is 2. The summed E-state index contributed by atoms with van der Waals surface area (Å²) in [5.74, 6) is -1.30. The molecular weight excluding hydrogens is 312 g/mol. The minimum Gasteiger partial charge on any atom is -0.481 e. The van der Waals surface area contributed by atoms with E-state index < -0.39 is 17.5 Å². The maximum absolute atomic E-state index is 12.2. The van der Waals surface area contributed by atoms with Crippen molar-refractivity contribution in [3.8, 4) is 0 Å². The van der Waals surface area contributed by atoms with Crippen LogP contribution in [0.1, 0.15) is 57.9 Å². The van der Waals surface area contributed by atoms with Crippen molar-refractivity contribution in [1.82, 2.24) is 0 Å². The first-order chi connectivity index (χ1) is 11.7. The molecule has 2 N–H and O–H groups in total. The number of carbonyl (C=O) groups is 1. The van der Waals surface area contributed by atoms with E-state index in [0.717, 1.165) is 29.2 Å². The lowest BCUT2D eigenvalue weighted by atomic mass is 9.64. The predicted molar refractivity (Wildman–Crippen MR) is 101 cm³/mol. The van der Waals surface area contributed by atoms with Crippen molar-refractivity contribution in [2.75, 3.05) is 0 Å². The number of fused-ring (bicyclic) bond motifs is 1. The third-order valence-electron chi connectivity index (χ3n) is 5.99. The van der Waals surface area contributed by atoms with Crippen molar-refractivity contribution in [1.29, 1.82) is 0 Å². The summed E-state index contributed by atoms with van der Waals surface area (Å²) in [6, 6.07) is 13.5. The zero-order valence-corrected chi connectivity index (χ0v) is 15.3. The Morgan fingerprint density at radius 2 is 1.68 bits per heavy atom. The largest absolute Gasteiger partial charge is 0.481 e. The van der Waals surface area contributed by atoms with Crippen LogP contribution in [0.15, 0.2) is 42.5 Å². The van der Waals surface area contributed by atoms with Gasteiger partial charge in [0.25, 0.3) is 0 Å². The van der Waals surface area contributed by atoms with Gasteiger partial charge in [0.05, 0.1) is 5.60 Å². The highest BCUT2D eigenvalue weighted by molar-refractivity contribution is 5.91. The molecule has 2 aromatic rings. The van der Waals surface area contributed by atoms with Crippen LogP contribution in [0.4, 0.5) is 0 Å². The Kier molecular flexibility index (Phi) is 4.63. The Balaban J connectivity index is 1.98. The summed E-state index contributed by atoms with van der Waals surface area (Å²) in [6.07, 6.45) is 2.81. The Hall–Kier alpha value is -1.87. The minimum atomic E-state index is -1.18. The molecule has 0 bridgehead atoms. The third-order valence-corrected chi connectivity index (χ3v) is 5.99. The SMILES string of the molecule is CC(C)(C)C1CCC(O)(C(C(=O)O)c2cccc3ccccc23)CC1. The summed E-state index contributed by atoms with van der Waals surface area (Å²) in [4.78, 5) is 12.2. The van der Waals surface area contributed by atoms with E-state index in [0.29, 0.717) is 18.8 Å². The van der Waals surface area contributed by atoms with Gasteiger partial charge in [0.2, 0.25) is 0 Å². The van der Waals surface area contributed by atoms with Crippen LogP contribution in [0.25, 0.3) is 10.8 Å². The lowest BCUT2D eigenvalue weighted by Gasteiger charge is -2.44. The molecule has 0 heterocycles. The highest BCUT2D eigenvalue weighted by Gasteiger charge is 2.46. The molecule has 1 fully saturated rings. The Morgan fingerprint density at radius 3 is 2.28 bits per heavy atom. The molecule has 3 nitrogen and oxygen atoms in total. The third kappa shape index (κ3) is 3.43. The van der Waals surface area contributed by atoms with E-state index in [4.69, 9.17) is 0 Å². The summed E-state index contributed by atoms with van der Waals surface area (Å²) in [6.45, 7) is 6.67. The van der Waals surface area contributed by atoms with E-state index in [1.807, 2.05) is 42.5 Å². The van der Waals surface area contributed by atoms with Crippen molar-refractivity contribution in [2.45, 2.75) is 58.0 Å². The van der Waals surface area contributed by atoms with Gasteiger partial charge in [-0.2, -0.15) is 0 Å². The van der Waals surface area contributed by atoms with Crippen molar-refractivity contribution >= 4 is 16.7 Å². The van der Waals surface area contributed by atoms with Gasteiger partial charge in [-0.05, 0) is 53.4 Å². The van der Waals surface area contributed by atoms with Crippen molar-refractivity contribution in [2.24, 2.45) is 11.3 Å². The maximum Gasteiger partial charge on any atom is 0.313 e. The smallest absolute Gasteiger partial charge is 0.313 e. The summed E-state index contributed by atoms with van der Waals surface area (Å²) >= 11 is 0. The predicted octanol–water partition coefficient (Wildman–Crippen LogP) is 4.98. The lowest BCUT2D eigenvalue weighted by Crippen LogP contribution is -2.45. The van der Waals surface area contributed by atoms with Crippen LogP contribution in [-0.2, 0) is 4.79 Å². The second kappa shape index (κ2) is 6.45. The van der Waals surface area contributed by atoms with E-state index in [2.05, 4.69) is 20.8 Å². The van der Waals surface area contributed by atoms with E-state index >= 15 is 0 Å². The fraction of sp³-hybridized carbons (Fsp3) is 0.500. The van der Waals surface area contributed by atoms with Gasteiger partial charge in [0, 0.05) is 0 Å². The molecule has 1 unspecified atom stereocenters. The van der Waals surface area contributed by atoms with Gasteiger partial charge in [-0.3, -0.25) is 4.79 Å². The average molecular weight is 340 g/mol. The van der Waals surface area contributed by atoms with Crippen LogP contribution in [0.3, 0.4) is 0 Å². The van der Waals surface area contributed by atoms with E-state index in [-0.39, 0.29) is 5.41 Å². The number of carboxylic acid groups (broad SMARTS) is 1. The van der Waals surface area contributed by atoms with E-state index in [9.17, 15) is 15.0 Å². The molecule has 1 atom stereocenters. The van der Waals surface area contributed by atoms with Crippen LogP contribution in [0.5, 0.6) is 0 Å². The summed E-state index contributed by atoms with van der Waals surface area (Å²) in [7, 11) is 0. The number of rotatable bonds is 3. The van der Waals surface area contributed by atoms with Crippen molar-refractivity contribution in [3.05, 3.63) is 48.0 Å². The molecule has 3 rings (SSSR count). The molecule has 1 aliphatic carbocycles.